The number of hydrogen-bond donors (Lipinski definition) is 1. The van der Waals surface area contributed by atoms with Gasteiger partial charge in [-0.2, -0.15) is 0 Å². The first-order valence-corrected chi connectivity index (χ1v) is 7.96. The third kappa shape index (κ3) is 3.76. The Morgan fingerprint density at radius 1 is 1.05 bits per heavy atom. The molecule has 2 heteroatoms. The van der Waals surface area contributed by atoms with Crippen LogP contribution in [0.2, 0.25) is 0 Å². The first kappa shape index (κ1) is 15.8. The average molecular weight is 285 g/mol. The quantitative estimate of drug-likeness (QED) is 0.713. The maximum atomic E-state index is 5.62. The van der Waals surface area contributed by atoms with Gasteiger partial charge in [-0.05, 0) is 42.0 Å². The maximum absolute atomic E-state index is 5.62. The zero-order valence-electron chi connectivity index (χ0n) is 13.7. The minimum absolute atomic E-state index is 0.237. The van der Waals surface area contributed by atoms with Gasteiger partial charge >= 0.3 is 0 Å². The van der Waals surface area contributed by atoms with Gasteiger partial charge in [0.15, 0.2) is 0 Å². The molecule has 1 aromatic carbocycles. The Bertz CT molecular complexity index is 551. The van der Waals surface area contributed by atoms with Gasteiger partial charge in [-0.1, -0.05) is 52.0 Å². The molecule has 1 heterocycles. The lowest BCUT2D eigenvalue weighted by Crippen LogP contribution is -2.15. The summed E-state index contributed by atoms with van der Waals surface area (Å²) in [6, 6.07) is 11.0. The van der Waals surface area contributed by atoms with Crippen LogP contribution in [-0.4, -0.2) is 6.54 Å². The second-order valence-corrected chi connectivity index (χ2v) is 6.25. The number of hydrogen-bond acceptors (Lipinski definition) is 2. The van der Waals surface area contributed by atoms with E-state index in [9.17, 15) is 0 Å². The fourth-order valence-electron chi connectivity index (χ4n) is 2.42. The van der Waals surface area contributed by atoms with Gasteiger partial charge < -0.3 is 9.73 Å². The fraction of sp³-hybridized carbons (Fsp3) is 0.474. The van der Waals surface area contributed by atoms with Crippen LogP contribution in [0.3, 0.4) is 0 Å². The van der Waals surface area contributed by atoms with Gasteiger partial charge in [-0.15, -0.1) is 0 Å². The predicted octanol–water partition coefficient (Wildman–Crippen LogP) is 5.13. The lowest BCUT2D eigenvalue weighted by atomic mass is 9.82. The summed E-state index contributed by atoms with van der Waals surface area (Å²) < 4.78 is 5.62. The molecule has 1 aromatic heterocycles. The second-order valence-electron chi connectivity index (χ2n) is 6.25. The lowest BCUT2D eigenvalue weighted by Gasteiger charge is -2.23. The van der Waals surface area contributed by atoms with Crippen molar-refractivity contribution in [1.82, 2.24) is 5.32 Å². The summed E-state index contributed by atoms with van der Waals surface area (Å²) in [5.41, 5.74) is 4.05. The molecule has 1 N–H and O–H groups in total. The molecule has 0 fully saturated rings. The highest BCUT2D eigenvalue weighted by Gasteiger charge is 2.18. The van der Waals surface area contributed by atoms with Crippen LogP contribution in [0, 0.1) is 0 Å². The van der Waals surface area contributed by atoms with E-state index in [1.54, 1.807) is 6.26 Å². The van der Waals surface area contributed by atoms with Crippen LogP contribution in [0.25, 0.3) is 11.1 Å². The van der Waals surface area contributed by atoms with E-state index in [0.717, 1.165) is 31.7 Å². The van der Waals surface area contributed by atoms with Crippen molar-refractivity contribution < 1.29 is 4.42 Å². The van der Waals surface area contributed by atoms with Crippen LogP contribution in [-0.2, 0) is 12.0 Å². The molecule has 0 aliphatic rings. The van der Waals surface area contributed by atoms with Gasteiger partial charge in [0.2, 0.25) is 0 Å². The zero-order valence-corrected chi connectivity index (χ0v) is 13.7. The lowest BCUT2D eigenvalue weighted by molar-refractivity contribution is 0.484. The van der Waals surface area contributed by atoms with Crippen molar-refractivity contribution in [2.75, 3.05) is 6.54 Å². The van der Waals surface area contributed by atoms with Crippen LogP contribution in [0.4, 0.5) is 0 Å². The van der Waals surface area contributed by atoms with Crippen molar-refractivity contribution in [3.63, 3.8) is 0 Å². The molecule has 21 heavy (non-hydrogen) atoms. The monoisotopic (exact) mass is 285 g/mol. The van der Waals surface area contributed by atoms with E-state index in [0.29, 0.717) is 0 Å². The normalized spacial score (nSPS) is 11.8. The fourth-order valence-corrected chi connectivity index (χ4v) is 2.42. The number of nitrogens with one attached hydrogen (secondary N) is 1. The Hall–Kier alpha value is -1.54. The largest absolute Gasteiger partial charge is 0.467 e. The molecule has 0 saturated carbocycles. The van der Waals surface area contributed by atoms with E-state index >= 15 is 0 Å². The predicted molar refractivity (Wildman–Crippen MR) is 89.5 cm³/mol. The van der Waals surface area contributed by atoms with E-state index < -0.39 is 0 Å². The van der Waals surface area contributed by atoms with Crippen molar-refractivity contribution in [1.29, 1.82) is 0 Å². The van der Waals surface area contributed by atoms with E-state index in [-0.39, 0.29) is 5.41 Å². The molecule has 0 atom stereocenters. The highest BCUT2D eigenvalue weighted by atomic mass is 16.3. The molecule has 2 aromatic rings. The Balaban J connectivity index is 2.18. The van der Waals surface area contributed by atoms with E-state index in [1.807, 2.05) is 0 Å². The third-order valence-corrected chi connectivity index (χ3v) is 4.32. The molecule has 2 rings (SSSR count). The van der Waals surface area contributed by atoms with E-state index in [2.05, 4.69) is 63.3 Å². The highest BCUT2D eigenvalue weighted by molar-refractivity contribution is 5.65. The second kappa shape index (κ2) is 6.95. The molecule has 0 amide bonds. The number of furan rings is 1. The van der Waals surface area contributed by atoms with Crippen LogP contribution in [0.1, 0.15) is 51.9 Å². The van der Waals surface area contributed by atoms with Gasteiger partial charge in [0.05, 0.1) is 12.8 Å². The van der Waals surface area contributed by atoms with E-state index in [1.165, 1.54) is 16.7 Å². The van der Waals surface area contributed by atoms with Gasteiger partial charge in [-0.3, -0.25) is 0 Å². The Morgan fingerprint density at radius 3 is 2.38 bits per heavy atom. The summed E-state index contributed by atoms with van der Waals surface area (Å²) >= 11 is 0. The summed E-state index contributed by atoms with van der Waals surface area (Å²) in [4.78, 5) is 0. The molecular formula is C19H27NO. The van der Waals surface area contributed by atoms with Crippen molar-refractivity contribution in [3.05, 3.63) is 47.9 Å². The molecule has 0 saturated heterocycles. The highest BCUT2D eigenvalue weighted by Crippen LogP contribution is 2.30. The Kier molecular flexibility index (Phi) is 5.24. The molecular weight excluding hydrogens is 258 g/mol. The van der Waals surface area contributed by atoms with Gasteiger partial charge in [0.1, 0.15) is 5.76 Å². The van der Waals surface area contributed by atoms with Gasteiger partial charge in [0, 0.05) is 5.56 Å². The third-order valence-electron chi connectivity index (χ3n) is 4.32. The Morgan fingerprint density at radius 2 is 1.76 bits per heavy atom. The molecule has 2 nitrogen and oxygen atoms in total. The van der Waals surface area contributed by atoms with E-state index in [4.69, 9.17) is 4.42 Å². The first-order valence-electron chi connectivity index (χ1n) is 7.96. The van der Waals surface area contributed by atoms with Gasteiger partial charge in [-0.25, -0.2) is 0 Å². The van der Waals surface area contributed by atoms with Crippen molar-refractivity contribution in [3.8, 4) is 11.1 Å². The molecule has 0 radical (unpaired) electrons. The summed E-state index contributed by atoms with van der Waals surface area (Å²) in [7, 11) is 0. The molecule has 114 valence electrons. The van der Waals surface area contributed by atoms with Crippen molar-refractivity contribution in [2.45, 2.75) is 52.5 Å². The van der Waals surface area contributed by atoms with Gasteiger partial charge in [0.25, 0.3) is 0 Å². The van der Waals surface area contributed by atoms with Crippen molar-refractivity contribution >= 4 is 0 Å². The summed E-state index contributed by atoms with van der Waals surface area (Å²) in [6.45, 7) is 10.8. The topological polar surface area (TPSA) is 25.2 Å². The zero-order chi connectivity index (χ0) is 15.3. The summed E-state index contributed by atoms with van der Waals surface area (Å²) in [5, 5.41) is 3.40. The molecule has 0 spiro atoms. The molecule has 0 aliphatic carbocycles. The van der Waals surface area contributed by atoms with Crippen LogP contribution >= 0.6 is 0 Å². The number of rotatable bonds is 7. The smallest absolute Gasteiger partial charge is 0.125 e. The first-order chi connectivity index (χ1) is 10.1. The molecule has 0 aliphatic heterocycles. The molecule has 0 unspecified atom stereocenters. The molecule has 0 bridgehead atoms. The summed E-state index contributed by atoms with van der Waals surface area (Å²) in [5.74, 6) is 1.02. The number of benzene rings is 1. The van der Waals surface area contributed by atoms with Crippen LogP contribution in [0.5, 0.6) is 0 Å². The minimum Gasteiger partial charge on any atom is -0.467 e. The maximum Gasteiger partial charge on any atom is 0.125 e. The van der Waals surface area contributed by atoms with Crippen LogP contribution in [0.15, 0.2) is 41.0 Å². The van der Waals surface area contributed by atoms with Crippen LogP contribution < -0.4 is 5.32 Å². The standard InChI is InChI=1S/C19H27NO/c1-5-12-20-14-18-17(11-13-21-18)15-7-9-16(10-8-15)19(3,4)6-2/h7-11,13,20H,5-6,12,14H2,1-4H3. The van der Waals surface area contributed by atoms with Crippen molar-refractivity contribution in [2.24, 2.45) is 0 Å². The summed E-state index contributed by atoms with van der Waals surface area (Å²) in [6.07, 6.45) is 4.06. The SMILES string of the molecule is CCCNCc1occc1-c1ccc(C(C)(C)CC)cc1. The average Bonchev–Trinajstić information content (AvgIpc) is 2.96. The minimum atomic E-state index is 0.237. The Labute approximate surface area is 128 Å².